The summed E-state index contributed by atoms with van der Waals surface area (Å²) in [5.41, 5.74) is 1.62. The number of rotatable bonds is 4. The van der Waals surface area contributed by atoms with Crippen LogP contribution in [0.2, 0.25) is 0 Å². The van der Waals surface area contributed by atoms with Gasteiger partial charge in [-0.05, 0) is 17.7 Å². The molecule has 1 aliphatic heterocycles. The van der Waals surface area contributed by atoms with E-state index in [0.29, 0.717) is 12.1 Å². The second kappa shape index (κ2) is 4.75. The summed E-state index contributed by atoms with van der Waals surface area (Å²) in [6, 6.07) is 7.34. The molecule has 5 nitrogen and oxygen atoms in total. The van der Waals surface area contributed by atoms with Crippen LogP contribution in [0.15, 0.2) is 29.3 Å². The quantitative estimate of drug-likeness (QED) is 0.825. The zero-order valence-electron chi connectivity index (χ0n) is 9.60. The Balaban J connectivity index is 2.11. The van der Waals surface area contributed by atoms with Gasteiger partial charge in [0.05, 0.1) is 12.8 Å². The second-order valence-corrected chi connectivity index (χ2v) is 5.76. The number of hydrogen-bond acceptors (Lipinski definition) is 4. The SMILES string of the molecule is CS(=O)(=O)Nc1cccc(CC2=NCCN2)c1. The number of nitrogens with one attached hydrogen (secondary N) is 2. The summed E-state index contributed by atoms with van der Waals surface area (Å²) in [7, 11) is -3.22. The van der Waals surface area contributed by atoms with Gasteiger partial charge < -0.3 is 5.32 Å². The fourth-order valence-corrected chi connectivity index (χ4v) is 2.27. The Labute approximate surface area is 101 Å². The summed E-state index contributed by atoms with van der Waals surface area (Å²) in [6.45, 7) is 1.70. The van der Waals surface area contributed by atoms with Crippen LogP contribution in [0.25, 0.3) is 0 Å². The third-order valence-electron chi connectivity index (χ3n) is 2.35. The summed E-state index contributed by atoms with van der Waals surface area (Å²) in [5.74, 6) is 0.960. The zero-order chi connectivity index (χ0) is 12.3. The largest absolute Gasteiger partial charge is 0.372 e. The molecule has 0 bridgehead atoms. The molecule has 0 amide bonds. The summed E-state index contributed by atoms with van der Waals surface area (Å²) < 4.78 is 24.7. The van der Waals surface area contributed by atoms with Crippen molar-refractivity contribution in [2.45, 2.75) is 6.42 Å². The van der Waals surface area contributed by atoms with Crippen LogP contribution >= 0.6 is 0 Å². The molecule has 0 aromatic heterocycles. The Kier molecular flexibility index (Phi) is 3.33. The van der Waals surface area contributed by atoms with E-state index in [-0.39, 0.29) is 0 Å². The molecule has 1 aliphatic rings. The molecule has 0 spiro atoms. The molecule has 1 aromatic carbocycles. The molecule has 1 aromatic rings. The highest BCUT2D eigenvalue weighted by Crippen LogP contribution is 2.13. The first kappa shape index (κ1) is 11.9. The zero-order valence-corrected chi connectivity index (χ0v) is 10.4. The van der Waals surface area contributed by atoms with Gasteiger partial charge in [0.2, 0.25) is 10.0 Å². The Morgan fingerprint density at radius 2 is 2.29 bits per heavy atom. The van der Waals surface area contributed by atoms with Crippen molar-refractivity contribution in [1.82, 2.24) is 5.32 Å². The number of anilines is 1. The van der Waals surface area contributed by atoms with Crippen molar-refractivity contribution in [3.05, 3.63) is 29.8 Å². The van der Waals surface area contributed by atoms with E-state index in [0.717, 1.165) is 30.7 Å². The average Bonchev–Trinajstić information content (AvgIpc) is 2.68. The first-order valence-electron chi connectivity index (χ1n) is 5.37. The lowest BCUT2D eigenvalue weighted by molar-refractivity contribution is 0.607. The van der Waals surface area contributed by atoms with Crippen LogP contribution in [-0.4, -0.2) is 33.6 Å². The molecule has 0 radical (unpaired) electrons. The van der Waals surface area contributed by atoms with Gasteiger partial charge in [-0.3, -0.25) is 9.71 Å². The fraction of sp³-hybridized carbons (Fsp3) is 0.364. The number of nitrogens with zero attached hydrogens (tertiary/aromatic N) is 1. The molecule has 6 heteroatoms. The van der Waals surface area contributed by atoms with Crippen molar-refractivity contribution in [3.8, 4) is 0 Å². The topological polar surface area (TPSA) is 70.6 Å². The van der Waals surface area contributed by atoms with Crippen molar-refractivity contribution in [2.75, 3.05) is 24.1 Å². The van der Waals surface area contributed by atoms with Crippen molar-refractivity contribution >= 4 is 21.5 Å². The lowest BCUT2D eigenvalue weighted by atomic mass is 10.1. The fourth-order valence-electron chi connectivity index (χ4n) is 1.72. The summed E-state index contributed by atoms with van der Waals surface area (Å²) in [5, 5.41) is 3.18. The number of aliphatic imine (C=N–C) groups is 1. The number of sulfonamides is 1. The summed E-state index contributed by atoms with van der Waals surface area (Å²) in [6.07, 6.45) is 1.85. The third-order valence-corrected chi connectivity index (χ3v) is 2.95. The van der Waals surface area contributed by atoms with E-state index >= 15 is 0 Å². The summed E-state index contributed by atoms with van der Waals surface area (Å²) >= 11 is 0. The van der Waals surface area contributed by atoms with E-state index in [1.807, 2.05) is 18.2 Å². The molecular formula is C11H15N3O2S. The maximum Gasteiger partial charge on any atom is 0.229 e. The molecule has 0 unspecified atom stereocenters. The molecule has 1 heterocycles. The maximum absolute atomic E-state index is 11.1. The monoisotopic (exact) mass is 253 g/mol. The van der Waals surface area contributed by atoms with Crippen molar-refractivity contribution in [3.63, 3.8) is 0 Å². The highest BCUT2D eigenvalue weighted by atomic mass is 32.2. The molecule has 0 aliphatic carbocycles. The Hall–Kier alpha value is -1.56. The standard InChI is InChI=1S/C11H15N3O2S/c1-17(15,16)14-10-4-2-3-9(7-10)8-11-12-5-6-13-11/h2-4,7,14H,5-6,8H2,1H3,(H,12,13). The minimum Gasteiger partial charge on any atom is -0.372 e. The van der Waals surface area contributed by atoms with Crippen molar-refractivity contribution in [2.24, 2.45) is 4.99 Å². The minimum atomic E-state index is -3.22. The van der Waals surface area contributed by atoms with Crippen LogP contribution in [-0.2, 0) is 16.4 Å². The molecule has 0 fully saturated rings. The maximum atomic E-state index is 11.1. The van der Waals surface area contributed by atoms with Crippen LogP contribution in [0.1, 0.15) is 5.56 Å². The van der Waals surface area contributed by atoms with Gasteiger partial charge in [-0.2, -0.15) is 0 Å². The lowest BCUT2D eigenvalue weighted by Crippen LogP contribution is -2.20. The molecule has 17 heavy (non-hydrogen) atoms. The van der Waals surface area contributed by atoms with Crippen molar-refractivity contribution < 1.29 is 8.42 Å². The molecule has 0 saturated carbocycles. The highest BCUT2D eigenvalue weighted by molar-refractivity contribution is 7.92. The lowest BCUT2D eigenvalue weighted by Gasteiger charge is -2.07. The van der Waals surface area contributed by atoms with E-state index in [2.05, 4.69) is 15.0 Å². The van der Waals surface area contributed by atoms with Crippen molar-refractivity contribution in [1.29, 1.82) is 0 Å². The first-order valence-corrected chi connectivity index (χ1v) is 7.26. The Morgan fingerprint density at radius 1 is 1.47 bits per heavy atom. The van der Waals surface area contributed by atoms with E-state index in [1.165, 1.54) is 0 Å². The molecule has 2 N–H and O–H groups in total. The normalized spacial score (nSPS) is 15.2. The molecule has 0 saturated heterocycles. The first-order chi connectivity index (χ1) is 8.03. The van der Waals surface area contributed by atoms with Crippen LogP contribution in [0.3, 0.4) is 0 Å². The third kappa shape index (κ3) is 3.74. The van der Waals surface area contributed by atoms with E-state index in [4.69, 9.17) is 0 Å². The minimum absolute atomic E-state index is 0.587. The van der Waals surface area contributed by atoms with E-state index in [1.54, 1.807) is 6.07 Å². The number of hydrogen-bond donors (Lipinski definition) is 2. The van der Waals surface area contributed by atoms with Crippen LogP contribution in [0.4, 0.5) is 5.69 Å². The predicted octanol–water partition coefficient (Wildman–Crippen LogP) is 0.602. The van der Waals surface area contributed by atoms with Gasteiger partial charge in [-0.15, -0.1) is 0 Å². The predicted molar refractivity (Wildman–Crippen MR) is 68.9 cm³/mol. The summed E-state index contributed by atoms with van der Waals surface area (Å²) in [4.78, 5) is 4.30. The number of amidine groups is 1. The molecule has 0 atom stereocenters. The van der Waals surface area contributed by atoms with E-state index < -0.39 is 10.0 Å². The van der Waals surface area contributed by atoms with Gasteiger partial charge in [0.25, 0.3) is 0 Å². The van der Waals surface area contributed by atoms with Crippen LogP contribution < -0.4 is 10.0 Å². The van der Waals surface area contributed by atoms with Gasteiger partial charge in [0.15, 0.2) is 0 Å². The smallest absolute Gasteiger partial charge is 0.229 e. The van der Waals surface area contributed by atoms with Gasteiger partial charge in [-0.25, -0.2) is 8.42 Å². The van der Waals surface area contributed by atoms with Crippen LogP contribution in [0.5, 0.6) is 0 Å². The Bertz CT molecular complexity index is 537. The van der Waals surface area contributed by atoms with Gasteiger partial charge in [-0.1, -0.05) is 12.1 Å². The molecule has 2 rings (SSSR count). The second-order valence-electron chi connectivity index (χ2n) is 4.01. The van der Waals surface area contributed by atoms with Gasteiger partial charge in [0.1, 0.15) is 5.84 Å². The van der Waals surface area contributed by atoms with Gasteiger partial charge in [0, 0.05) is 18.7 Å². The highest BCUT2D eigenvalue weighted by Gasteiger charge is 2.07. The van der Waals surface area contributed by atoms with Gasteiger partial charge >= 0.3 is 0 Å². The average molecular weight is 253 g/mol. The van der Waals surface area contributed by atoms with E-state index in [9.17, 15) is 8.42 Å². The van der Waals surface area contributed by atoms with Crippen LogP contribution in [0, 0.1) is 0 Å². The number of benzene rings is 1. The molecular weight excluding hydrogens is 238 g/mol. The Morgan fingerprint density at radius 3 is 2.94 bits per heavy atom. The molecule has 92 valence electrons.